The van der Waals surface area contributed by atoms with E-state index in [4.69, 9.17) is 9.47 Å². The van der Waals surface area contributed by atoms with Crippen molar-refractivity contribution < 1.29 is 19.1 Å². The molecule has 0 aliphatic carbocycles. The lowest BCUT2D eigenvalue weighted by Crippen LogP contribution is -2.36. The highest BCUT2D eigenvalue weighted by atomic mass is 16.5. The van der Waals surface area contributed by atoms with E-state index in [9.17, 15) is 9.59 Å². The molecule has 0 spiro atoms. The highest BCUT2D eigenvalue weighted by Gasteiger charge is 2.14. The summed E-state index contributed by atoms with van der Waals surface area (Å²) in [5.41, 5.74) is 0.405. The fraction of sp³-hybridized carbons (Fsp3) is 0.429. The Hall–Kier alpha value is -2.04. The maximum absolute atomic E-state index is 11.6. The van der Waals surface area contributed by atoms with Crippen LogP contribution >= 0.6 is 0 Å². The fourth-order valence-electron chi connectivity index (χ4n) is 1.49. The van der Waals surface area contributed by atoms with Gasteiger partial charge in [0, 0.05) is 6.54 Å². The van der Waals surface area contributed by atoms with Crippen molar-refractivity contribution in [2.24, 2.45) is 0 Å². The van der Waals surface area contributed by atoms with Crippen LogP contribution in [-0.4, -0.2) is 31.1 Å². The van der Waals surface area contributed by atoms with Crippen LogP contribution in [0.1, 0.15) is 31.1 Å². The summed E-state index contributed by atoms with van der Waals surface area (Å²) in [6, 6.07) is 6.58. The Morgan fingerprint density at radius 3 is 2.68 bits per heavy atom. The molecule has 5 nitrogen and oxygen atoms in total. The quantitative estimate of drug-likeness (QED) is 0.796. The average Bonchev–Trinajstić information content (AvgIpc) is 2.39. The summed E-state index contributed by atoms with van der Waals surface area (Å²) >= 11 is 0. The first-order valence-electron chi connectivity index (χ1n) is 6.30. The highest BCUT2D eigenvalue weighted by molar-refractivity contribution is 5.89. The Bertz CT molecular complexity index is 445. The maximum Gasteiger partial charge on any atom is 0.338 e. The molecule has 0 bridgehead atoms. The normalized spacial score (nSPS) is 11.5. The number of hydrogen-bond donors (Lipinski definition) is 1. The number of hydrogen-bond acceptors (Lipinski definition) is 4. The zero-order chi connectivity index (χ0) is 14.3. The molecule has 1 aromatic carbocycles. The summed E-state index contributed by atoms with van der Waals surface area (Å²) in [5.74, 6) is -0.132. The van der Waals surface area contributed by atoms with Crippen molar-refractivity contribution in [1.82, 2.24) is 5.32 Å². The summed E-state index contributed by atoms with van der Waals surface area (Å²) < 4.78 is 10.4. The molecule has 0 saturated carbocycles. The largest absolute Gasteiger partial charge is 0.481 e. The molecule has 1 aromatic rings. The molecule has 5 heteroatoms. The van der Waals surface area contributed by atoms with Gasteiger partial charge in [0.05, 0.1) is 12.2 Å². The van der Waals surface area contributed by atoms with Gasteiger partial charge in [-0.05, 0) is 39.0 Å². The van der Waals surface area contributed by atoms with E-state index in [-0.39, 0.29) is 5.91 Å². The third kappa shape index (κ3) is 4.62. The fourth-order valence-corrected chi connectivity index (χ4v) is 1.49. The molecule has 1 amide bonds. The van der Waals surface area contributed by atoms with Crippen LogP contribution in [0.3, 0.4) is 0 Å². The lowest BCUT2D eigenvalue weighted by molar-refractivity contribution is -0.127. The van der Waals surface area contributed by atoms with Gasteiger partial charge in [-0.2, -0.15) is 0 Å². The Morgan fingerprint density at radius 2 is 2.05 bits per heavy atom. The van der Waals surface area contributed by atoms with E-state index in [1.54, 1.807) is 38.1 Å². The van der Waals surface area contributed by atoms with Crippen molar-refractivity contribution >= 4 is 11.9 Å². The van der Waals surface area contributed by atoms with Gasteiger partial charge in [0.25, 0.3) is 5.91 Å². The van der Waals surface area contributed by atoms with Crippen molar-refractivity contribution in [3.8, 4) is 5.75 Å². The van der Waals surface area contributed by atoms with Crippen LogP contribution in [0.5, 0.6) is 5.75 Å². The van der Waals surface area contributed by atoms with Crippen molar-refractivity contribution in [1.29, 1.82) is 0 Å². The maximum atomic E-state index is 11.6. The number of esters is 1. The first-order chi connectivity index (χ1) is 9.08. The van der Waals surface area contributed by atoms with Crippen molar-refractivity contribution in [3.05, 3.63) is 29.8 Å². The number of ether oxygens (including phenoxy) is 2. The minimum Gasteiger partial charge on any atom is -0.481 e. The van der Waals surface area contributed by atoms with E-state index >= 15 is 0 Å². The summed E-state index contributed by atoms with van der Waals surface area (Å²) in [6.07, 6.45) is -0.614. The van der Waals surface area contributed by atoms with Gasteiger partial charge in [0.2, 0.25) is 0 Å². The second kappa shape index (κ2) is 7.41. The van der Waals surface area contributed by atoms with E-state index in [2.05, 4.69) is 5.32 Å². The van der Waals surface area contributed by atoms with Gasteiger partial charge in [0.15, 0.2) is 6.10 Å². The summed E-state index contributed by atoms with van der Waals surface area (Å²) in [7, 11) is 0. The van der Waals surface area contributed by atoms with Gasteiger partial charge < -0.3 is 14.8 Å². The van der Waals surface area contributed by atoms with Gasteiger partial charge in [-0.15, -0.1) is 0 Å². The van der Waals surface area contributed by atoms with Gasteiger partial charge >= 0.3 is 5.97 Å². The lowest BCUT2D eigenvalue weighted by Gasteiger charge is -2.14. The first kappa shape index (κ1) is 15.0. The minimum absolute atomic E-state index is 0.191. The number of carbonyl (C=O) groups is 2. The molecule has 1 N–H and O–H groups in total. The van der Waals surface area contributed by atoms with Gasteiger partial charge in [-0.3, -0.25) is 4.79 Å². The smallest absolute Gasteiger partial charge is 0.338 e. The summed E-state index contributed by atoms with van der Waals surface area (Å²) in [4.78, 5) is 23.1. The molecule has 0 aliphatic rings. The Morgan fingerprint density at radius 1 is 1.32 bits per heavy atom. The van der Waals surface area contributed by atoms with Crippen molar-refractivity contribution in [2.45, 2.75) is 26.9 Å². The molecule has 0 heterocycles. The zero-order valence-electron chi connectivity index (χ0n) is 11.4. The Balaban J connectivity index is 2.71. The number of amides is 1. The SMILES string of the molecule is CCNC(=O)[C@@H](C)Oc1cccc(C(=O)OCC)c1. The molecule has 1 rings (SSSR count). The topological polar surface area (TPSA) is 64.6 Å². The zero-order valence-corrected chi connectivity index (χ0v) is 11.4. The summed E-state index contributed by atoms with van der Waals surface area (Å²) in [5, 5.41) is 2.67. The molecule has 0 fully saturated rings. The molecule has 19 heavy (non-hydrogen) atoms. The molecule has 104 valence electrons. The van der Waals surface area contributed by atoms with E-state index in [0.717, 1.165) is 0 Å². The highest BCUT2D eigenvalue weighted by Crippen LogP contribution is 2.15. The van der Waals surface area contributed by atoms with Gasteiger partial charge in [-0.25, -0.2) is 4.79 Å². The summed E-state index contributed by atoms with van der Waals surface area (Å²) in [6.45, 7) is 6.11. The molecule has 0 aromatic heterocycles. The number of likely N-dealkylation sites (N-methyl/N-ethyl adjacent to an activating group) is 1. The second-order valence-corrected chi connectivity index (χ2v) is 3.90. The van der Waals surface area contributed by atoms with Crippen LogP contribution in [0.4, 0.5) is 0 Å². The predicted octanol–water partition coefficient (Wildman–Crippen LogP) is 1.77. The lowest BCUT2D eigenvalue weighted by atomic mass is 10.2. The van der Waals surface area contributed by atoms with Crippen molar-refractivity contribution in [3.63, 3.8) is 0 Å². The van der Waals surface area contributed by atoms with Crippen LogP contribution < -0.4 is 10.1 Å². The third-order valence-corrected chi connectivity index (χ3v) is 2.38. The van der Waals surface area contributed by atoms with Crippen LogP contribution in [0.25, 0.3) is 0 Å². The van der Waals surface area contributed by atoms with Crippen LogP contribution in [0, 0.1) is 0 Å². The van der Waals surface area contributed by atoms with E-state index in [1.165, 1.54) is 0 Å². The van der Waals surface area contributed by atoms with Crippen molar-refractivity contribution in [2.75, 3.05) is 13.2 Å². The molecule has 0 saturated heterocycles. The number of benzene rings is 1. The van der Waals surface area contributed by atoms with E-state index in [1.807, 2.05) is 6.92 Å². The number of nitrogens with one attached hydrogen (secondary N) is 1. The molecule has 0 aliphatic heterocycles. The average molecular weight is 265 g/mol. The third-order valence-electron chi connectivity index (χ3n) is 2.38. The van der Waals surface area contributed by atoms with E-state index < -0.39 is 12.1 Å². The monoisotopic (exact) mass is 265 g/mol. The van der Waals surface area contributed by atoms with E-state index in [0.29, 0.717) is 24.5 Å². The second-order valence-electron chi connectivity index (χ2n) is 3.90. The Labute approximate surface area is 112 Å². The molecular formula is C14H19NO4. The standard InChI is InChI=1S/C14H19NO4/c1-4-15-13(16)10(3)19-12-8-6-7-11(9-12)14(17)18-5-2/h6-10H,4-5H2,1-3H3,(H,15,16)/t10-/m1/s1. The first-order valence-corrected chi connectivity index (χ1v) is 6.30. The predicted molar refractivity (Wildman–Crippen MR) is 71.2 cm³/mol. The van der Waals surface area contributed by atoms with Crippen LogP contribution in [0.15, 0.2) is 24.3 Å². The van der Waals surface area contributed by atoms with Gasteiger partial charge in [0.1, 0.15) is 5.75 Å². The van der Waals surface area contributed by atoms with Crippen LogP contribution in [0.2, 0.25) is 0 Å². The number of rotatable bonds is 6. The molecular weight excluding hydrogens is 246 g/mol. The minimum atomic E-state index is -0.614. The Kier molecular flexibility index (Phi) is 5.85. The molecule has 0 unspecified atom stereocenters. The molecule has 0 radical (unpaired) electrons. The number of carbonyl (C=O) groups excluding carboxylic acids is 2. The van der Waals surface area contributed by atoms with Crippen LogP contribution in [-0.2, 0) is 9.53 Å². The molecule has 1 atom stereocenters. The van der Waals surface area contributed by atoms with Gasteiger partial charge in [-0.1, -0.05) is 6.07 Å².